The van der Waals surface area contributed by atoms with Gasteiger partial charge in [0.1, 0.15) is 5.82 Å². The summed E-state index contributed by atoms with van der Waals surface area (Å²) in [7, 11) is 0. The van der Waals surface area contributed by atoms with Crippen molar-refractivity contribution in [1.82, 2.24) is 15.0 Å². The van der Waals surface area contributed by atoms with Crippen LogP contribution in [0, 0.1) is 5.82 Å². The number of rotatable bonds is 0. The van der Waals surface area contributed by atoms with E-state index in [0.29, 0.717) is 13.0 Å². The van der Waals surface area contributed by atoms with E-state index in [4.69, 9.17) is 0 Å². The monoisotopic (exact) mass is 232 g/mol. The molecular formula is C11H9FN4O. The van der Waals surface area contributed by atoms with Gasteiger partial charge in [0.15, 0.2) is 0 Å². The van der Waals surface area contributed by atoms with Crippen molar-refractivity contribution < 1.29 is 9.18 Å². The van der Waals surface area contributed by atoms with Gasteiger partial charge in [0.2, 0.25) is 0 Å². The highest BCUT2D eigenvalue weighted by molar-refractivity contribution is 5.95. The molecule has 0 fully saturated rings. The summed E-state index contributed by atoms with van der Waals surface area (Å²) in [5, 5.41) is 7.24. The third-order valence-corrected chi connectivity index (χ3v) is 2.79. The smallest absolute Gasteiger partial charge is 0.292 e. The van der Waals surface area contributed by atoms with E-state index >= 15 is 0 Å². The molecule has 5 nitrogen and oxygen atoms in total. The lowest BCUT2D eigenvalue weighted by molar-refractivity contribution is 0.245. The summed E-state index contributed by atoms with van der Waals surface area (Å²) in [6.07, 6.45) is 3.59. The van der Waals surface area contributed by atoms with Crippen molar-refractivity contribution >= 4 is 11.7 Å². The van der Waals surface area contributed by atoms with Crippen LogP contribution in [0.2, 0.25) is 0 Å². The highest BCUT2D eigenvalue weighted by Gasteiger charge is 2.26. The van der Waals surface area contributed by atoms with Gasteiger partial charge in [-0.05, 0) is 30.2 Å². The molecule has 1 aromatic heterocycles. The number of hydrogen-bond donors (Lipinski definition) is 0. The Balaban J connectivity index is 1.96. The van der Waals surface area contributed by atoms with E-state index < -0.39 is 0 Å². The molecule has 2 heterocycles. The topological polar surface area (TPSA) is 51.0 Å². The Hall–Kier alpha value is -2.24. The number of carbonyl (C=O) groups is 1. The molecule has 17 heavy (non-hydrogen) atoms. The van der Waals surface area contributed by atoms with Gasteiger partial charge in [0.25, 0.3) is 0 Å². The molecule has 6 heteroatoms. The lowest BCUT2D eigenvalue weighted by Crippen LogP contribution is -2.33. The molecule has 86 valence electrons. The molecule has 2 aromatic rings. The Kier molecular flexibility index (Phi) is 2.14. The van der Waals surface area contributed by atoms with Gasteiger partial charge in [0, 0.05) is 12.2 Å². The Bertz CT molecular complexity index is 567. The average molecular weight is 232 g/mol. The van der Waals surface area contributed by atoms with Crippen molar-refractivity contribution in [1.29, 1.82) is 0 Å². The van der Waals surface area contributed by atoms with Gasteiger partial charge in [-0.3, -0.25) is 4.90 Å². The fraction of sp³-hybridized carbons (Fsp3) is 0.182. The Morgan fingerprint density at radius 3 is 3.06 bits per heavy atom. The fourth-order valence-electron chi connectivity index (χ4n) is 2.00. The maximum absolute atomic E-state index is 13.0. The minimum Gasteiger partial charge on any atom is -0.292 e. The van der Waals surface area contributed by atoms with Gasteiger partial charge >= 0.3 is 6.03 Å². The minimum atomic E-state index is -0.279. The second kappa shape index (κ2) is 3.65. The molecule has 0 aliphatic carbocycles. The van der Waals surface area contributed by atoms with Crippen LogP contribution >= 0.6 is 0 Å². The number of benzene rings is 1. The van der Waals surface area contributed by atoms with E-state index in [9.17, 15) is 9.18 Å². The summed E-state index contributed by atoms with van der Waals surface area (Å²) in [5.41, 5.74) is 1.59. The van der Waals surface area contributed by atoms with E-state index in [0.717, 1.165) is 11.3 Å². The quantitative estimate of drug-likeness (QED) is 0.690. The summed E-state index contributed by atoms with van der Waals surface area (Å²) in [5.74, 6) is -0.279. The zero-order valence-electron chi connectivity index (χ0n) is 8.88. The van der Waals surface area contributed by atoms with E-state index in [1.54, 1.807) is 11.0 Å². The lowest BCUT2D eigenvalue weighted by Gasteiger charge is -2.16. The zero-order valence-corrected chi connectivity index (χ0v) is 8.88. The number of hydrogen-bond acceptors (Lipinski definition) is 3. The van der Waals surface area contributed by atoms with Crippen LogP contribution in [-0.2, 0) is 6.42 Å². The molecule has 1 aliphatic rings. The molecule has 0 bridgehead atoms. The number of amides is 1. The molecule has 0 atom stereocenters. The number of aromatic nitrogens is 3. The van der Waals surface area contributed by atoms with Crippen LogP contribution in [0.25, 0.3) is 0 Å². The molecule has 1 amide bonds. The SMILES string of the molecule is O=C(N1CCc2cc(F)ccc21)n1ccnn1. The second-order valence-electron chi connectivity index (χ2n) is 3.80. The van der Waals surface area contributed by atoms with Crippen molar-refractivity contribution in [2.24, 2.45) is 0 Å². The predicted molar refractivity (Wildman–Crippen MR) is 58.3 cm³/mol. The van der Waals surface area contributed by atoms with E-state index in [1.165, 1.54) is 29.2 Å². The molecule has 0 radical (unpaired) electrons. The van der Waals surface area contributed by atoms with Crippen LogP contribution in [0.5, 0.6) is 0 Å². The Labute approximate surface area is 96.5 Å². The normalized spacial score (nSPS) is 13.8. The number of halogens is 1. The van der Waals surface area contributed by atoms with Gasteiger partial charge < -0.3 is 0 Å². The number of carbonyl (C=O) groups excluding carboxylic acids is 1. The first-order valence-corrected chi connectivity index (χ1v) is 5.22. The van der Waals surface area contributed by atoms with Crippen LogP contribution in [0.4, 0.5) is 14.9 Å². The van der Waals surface area contributed by atoms with Gasteiger partial charge in [-0.15, -0.1) is 5.10 Å². The second-order valence-corrected chi connectivity index (χ2v) is 3.80. The predicted octanol–water partition coefficient (Wildman–Crippen LogP) is 1.45. The van der Waals surface area contributed by atoms with Crippen molar-refractivity contribution in [3.8, 4) is 0 Å². The minimum absolute atomic E-state index is 0.271. The summed E-state index contributed by atoms with van der Waals surface area (Å²) in [6, 6.07) is 4.16. The highest BCUT2D eigenvalue weighted by atomic mass is 19.1. The van der Waals surface area contributed by atoms with Crippen LogP contribution < -0.4 is 4.90 Å². The molecule has 0 N–H and O–H groups in total. The molecule has 0 saturated carbocycles. The zero-order chi connectivity index (χ0) is 11.8. The average Bonchev–Trinajstić information content (AvgIpc) is 2.96. The number of nitrogens with zero attached hydrogens (tertiary/aromatic N) is 4. The number of anilines is 1. The van der Waals surface area contributed by atoms with Crippen molar-refractivity contribution in [2.45, 2.75) is 6.42 Å². The maximum Gasteiger partial charge on any atom is 0.350 e. The van der Waals surface area contributed by atoms with Crippen molar-refractivity contribution in [2.75, 3.05) is 11.4 Å². The van der Waals surface area contributed by atoms with Gasteiger partial charge in [-0.2, -0.15) is 4.68 Å². The van der Waals surface area contributed by atoms with E-state index in [1.807, 2.05) is 0 Å². The van der Waals surface area contributed by atoms with Crippen LogP contribution in [0.3, 0.4) is 0 Å². The fourth-order valence-corrected chi connectivity index (χ4v) is 2.00. The third kappa shape index (κ3) is 1.57. The summed E-state index contributed by atoms with van der Waals surface area (Å²) in [6.45, 7) is 0.539. The van der Waals surface area contributed by atoms with Crippen molar-refractivity contribution in [3.63, 3.8) is 0 Å². The molecule has 0 saturated heterocycles. The molecule has 0 spiro atoms. The first-order valence-electron chi connectivity index (χ1n) is 5.22. The van der Waals surface area contributed by atoms with Crippen LogP contribution in [0.1, 0.15) is 5.56 Å². The number of fused-ring (bicyclic) bond motifs is 1. The van der Waals surface area contributed by atoms with Gasteiger partial charge in [-0.25, -0.2) is 9.18 Å². The molecule has 1 aliphatic heterocycles. The van der Waals surface area contributed by atoms with E-state index in [-0.39, 0.29) is 11.8 Å². The summed E-state index contributed by atoms with van der Waals surface area (Å²) in [4.78, 5) is 13.6. The third-order valence-electron chi connectivity index (χ3n) is 2.79. The Morgan fingerprint density at radius 2 is 2.29 bits per heavy atom. The van der Waals surface area contributed by atoms with Crippen LogP contribution in [0.15, 0.2) is 30.6 Å². The molecular weight excluding hydrogens is 223 g/mol. The van der Waals surface area contributed by atoms with Gasteiger partial charge in [0.05, 0.1) is 12.4 Å². The molecule has 3 rings (SSSR count). The Morgan fingerprint density at radius 1 is 1.41 bits per heavy atom. The lowest BCUT2D eigenvalue weighted by atomic mass is 10.2. The van der Waals surface area contributed by atoms with Crippen molar-refractivity contribution in [3.05, 3.63) is 42.0 Å². The van der Waals surface area contributed by atoms with E-state index in [2.05, 4.69) is 10.3 Å². The molecule has 1 aromatic carbocycles. The largest absolute Gasteiger partial charge is 0.350 e. The van der Waals surface area contributed by atoms with Crippen LogP contribution in [-0.4, -0.2) is 27.6 Å². The first-order chi connectivity index (χ1) is 8.25. The summed E-state index contributed by atoms with van der Waals surface area (Å²) >= 11 is 0. The van der Waals surface area contributed by atoms with Gasteiger partial charge in [-0.1, -0.05) is 5.21 Å². The standard InChI is InChI=1S/C11H9FN4O/c12-9-1-2-10-8(7-9)3-5-15(10)11(17)16-6-4-13-14-16/h1-2,4,6-7H,3,5H2. The summed E-state index contributed by atoms with van der Waals surface area (Å²) < 4.78 is 14.2. The maximum atomic E-state index is 13.0. The first kappa shape index (κ1) is 9.95. The molecule has 0 unspecified atom stereocenters. The highest BCUT2D eigenvalue weighted by Crippen LogP contribution is 2.28.